The second-order valence-corrected chi connectivity index (χ2v) is 8.73. The van der Waals surface area contributed by atoms with E-state index in [9.17, 15) is 13.2 Å². The average molecular weight is 474 g/mol. The van der Waals surface area contributed by atoms with E-state index in [0.29, 0.717) is 19.0 Å². The molecule has 0 saturated carbocycles. The normalized spacial score (nSPS) is 11.9. The van der Waals surface area contributed by atoms with Gasteiger partial charge in [-0.3, -0.25) is 0 Å². The number of aromatic nitrogens is 2. The molecule has 1 radical (unpaired) electrons. The minimum atomic E-state index is -4.31. The highest BCUT2D eigenvalue weighted by Gasteiger charge is 2.30. The van der Waals surface area contributed by atoms with Gasteiger partial charge in [0.1, 0.15) is 19.6 Å². The summed E-state index contributed by atoms with van der Waals surface area (Å²) in [6, 6.07) is 13.4. The Morgan fingerprint density at radius 3 is 1.97 bits per heavy atom. The van der Waals surface area contributed by atoms with E-state index in [4.69, 9.17) is 4.52 Å². The highest BCUT2D eigenvalue weighted by atomic mass is 19.4. The summed E-state index contributed by atoms with van der Waals surface area (Å²) in [6.07, 6.45) is 3.90. The summed E-state index contributed by atoms with van der Waals surface area (Å²) in [6.45, 7) is 6.33. The van der Waals surface area contributed by atoms with Crippen molar-refractivity contribution in [2.75, 3.05) is 6.54 Å². The van der Waals surface area contributed by atoms with Crippen LogP contribution in [0.15, 0.2) is 53.1 Å². The molecule has 0 saturated heterocycles. The van der Waals surface area contributed by atoms with Crippen LogP contribution in [-0.4, -0.2) is 16.7 Å². The highest BCUT2D eigenvalue weighted by molar-refractivity contribution is 5.53. The molecule has 7 heteroatoms. The van der Waals surface area contributed by atoms with Gasteiger partial charge in [0.15, 0.2) is 5.82 Å². The zero-order valence-corrected chi connectivity index (χ0v) is 20.1. The fourth-order valence-corrected chi connectivity index (χ4v) is 3.88. The molecule has 34 heavy (non-hydrogen) atoms. The summed E-state index contributed by atoms with van der Waals surface area (Å²) >= 11 is 0. The van der Waals surface area contributed by atoms with Crippen molar-refractivity contribution in [1.29, 1.82) is 0 Å². The molecular weight excluding hydrogens is 439 g/mol. The second-order valence-electron chi connectivity index (χ2n) is 8.73. The number of hydrogen-bond donors (Lipinski definition) is 0. The van der Waals surface area contributed by atoms with Crippen LogP contribution in [0.25, 0.3) is 11.5 Å². The molecule has 0 aliphatic rings. The lowest BCUT2D eigenvalue weighted by atomic mass is 10.1. The second kappa shape index (κ2) is 12.7. The van der Waals surface area contributed by atoms with Gasteiger partial charge in [0.2, 0.25) is 0 Å². The maximum Gasteiger partial charge on any atom is 0.416 e. The molecule has 0 aliphatic heterocycles. The lowest BCUT2D eigenvalue weighted by Crippen LogP contribution is -2.28. The monoisotopic (exact) mass is 473 g/mol. The van der Waals surface area contributed by atoms with Crippen LogP contribution >= 0.6 is 0 Å². The third kappa shape index (κ3) is 7.97. The van der Waals surface area contributed by atoms with Crippen LogP contribution in [0.1, 0.15) is 74.9 Å². The molecule has 183 valence electrons. The van der Waals surface area contributed by atoms with E-state index < -0.39 is 11.7 Å². The van der Waals surface area contributed by atoms with Crippen molar-refractivity contribution in [3.05, 3.63) is 71.0 Å². The first kappa shape index (κ1) is 25.9. The summed E-state index contributed by atoms with van der Waals surface area (Å²) in [5.74, 6) is 1.29. The predicted octanol–water partition coefficient (Wildman–Crippen LogP) is 7.52. The minimum absolute atomic E-state index is 0.532. The highest BCUT2D eigenvalue weighted by Crippen LogP contribution is 2.29. The molecule has 0 spiro atoms. The van der Waals surface area contributed by atoms with E-state index in [1.807, 2.05) is 31.2 Å². The minimum Gasteiger partial charge on any atom is -0.334 e. The molecule has 0 amide bonds. The molecule has 0 aliphatic carbocycles. The third-order valence-corrected chi connectivity index (χ3v) is 5.96. The Hall–Kier alpha value is -2.67. The fraction of sp³-hybridized carbons (Fsp3) is 0.481. The van der Waals surface area contributed by atoms with E-state index in [1.54, 1.807) is 12.1 Å². The van der Waals surface area contributed by atoms with Crippen molar-refractivity contribution in [1.82, 2.24) is 15.0 Å². The maximum atomic E-state index is 12.8. The van der Waals surface area contributed by atoms with Crippen LogP contribution in [0.4, 0.5) is 13.2 Å². The maximum absolute atomic E-state index is 12.8. The van der Waals surface area contributed by atoms with Crippen LogP contribution in [0.2, 0.25) is 0 Å². The molecule has 3 rings (SSSR count). The van der Waals surface area contributed by atoms with Gasteiger partial charge in [-0.15, -0.1) is 0 Å². The number of alkyl halides is 3. The van der Waals surface area contributed by atoms with Crippen LogP contribution in [0, 0.1) is 0 Å². The van der Waals surface area contributed by atoms with Crippen molar-refractivity contribution in [2.45, 2.75) is 78.1 Å². The van der Waals surface area contributed by atoms with E-state index in [0.717, 1.165) is 54.0 Å². The molecule has 0 fully saturated rings. The molecule has 0 bridgehead atoms. The van der Waals surface area contributed by atoms with E-state index in [2.05, 4.69) is 22.0 Å². The zero-order valence-electron chi connectivity index (χ0n) is 20.1. The van der Waals surface area contributed by atoms with Gasteiger partial charge in [0.05, 0.1) is 5.56 Å². The molecule has 3 aromatic rings. The topological polar surface area (TPSA) is 44.8 Å². The summed E-state index contributed by atoms with van der Waals surface area (Å²) < 4.78 is 43.8. The van der Waals surface area contributed by atoms with Crippen molar-refractivity contribution < 1.29 is 17.7 Å². The fourth-order valence-electron chi connectivity index (χ4n) is 3.88. The Kier molecular flexibility index (Phi) is 9.69. The standard InChI is InChI=1S/C27H34F3N3O/c1-3-5-6-7-8-9-10-25-31-26(34-32-25)23-15-11-21(12-16-23)19-33(4-2)20-22-13-17-24(18-14-22)27(28,29)30/h11-18H,3-10,19-20H2,1-2H3/q+1. The Morgan fingerprint density at radius 2 is 1.38 bits per heavy atom. The lowest BCUT2D eigenvalue weighted by Gasteiger charge is -2.12. The number of rotatable bonds is 13. The van der Waals surface area contributed by atoms with Crippen LogP contribution in [0.5, 0.6) is 0 Å². The summed E-state index contributed by atoms with van der Waals surface area (Å²) in [4.78, 5) is 6.72. The van der Waals surface area contributed by atoms with Crippen molar-refractivity contribution in [2.24, 2.45) is 0 Å². The number of nitrogens with zero attached hydrogens (tertiary/aromatic N) is 3. The number of hydrogen-bond acceptors (Lipinski definition) is 4. The van der Waals surface area contributed by atoms with Crippen molar-refractivity contribution >= 4 is 0 Å². The number of halogens is 3. The summed E-state index contributed by atoms with van der Waals surface area (Å²) in [5.41, 5.74) is 2.24. The molecule has 1 heterocycles. The molecule has 2 aromatic carbocycles. The number of unbranched alkanes of at least 4 members (excludes halogenated alkanes) is 5. The van der Waals surface area contributed by atoms with Gasteiger partial charge < -0.3 is 4.52 Å². The Balaban J connectivity index is 1.51. The quantitative estimate of drug-likeness (QED) is 0.190. The van der Waals surface area contributed by atoms with Crippen LogP contribution in [0.3, 0.4) is 0 Å². The van der Waals surface area contributed by atoms with Crippen LogP contribution < -0.4 is 4.90 Å². The van der Waals surface area contributed by atoms with Crippen molar-refractivity contribution in [3.63, 3.8) is 0 Å². The Bertz CT molecular complexity index is 982. The molecule has 0 unspecified atom stereocenters. The van der Waals surface area contributed by atoms with Gasteiger partial charge in [-0.25, -0.2) is 0 Å². The van der Waals surface area contributed by atoms with E-state index in [1.165, 1.54) is 32.1 Å². The van der Waals surface area contributed by atoms with E-state index in [-0.39, 0.29) is 0 Å². The van der Waals surface area contributed by atoms with Crippen molar-refractivity contribution in [3.8, 4) is 11.5 Å². The van der Waals surface area contributed by atoms with Gasteiger partial charge in [0.25, 0.3) is 5.89 Å². The Morgan fingerprint density at radius 1 is 0.794 bits per heavy atom. The van der Waals surface area contributed by atoms with Gasteiger partial charge in [0, 0.05) is 23.1 Å². The molecule has 0 N–H and O–H groups in total. The smallest absolute Gasteiger partial charge is 0.334 e. The first-order chi connectivity index (χ1) is 16.4. The SMILES string of the molecule is CCCCCCCCc1noc(-c2ccc(C[N+](CC)Cc3ccc(C(F)(F)F)cc3)cc2)n1. The number of aryl methyl sites for hydroxylation is 1. The van der Waals surface area contributed by atoms with Gasteiger partial charge >= 0.3 is 6.18 Å². The van der Waals surface area contributed by atoms with Gasteiger partial charge in [-0.1, -0.05) is 68.4 Å². The average Bonchev–Trinajstić information content (AvgIpc) is 3.30. The molecular formula is C27H34F3N3O+. The predicted molar refractivity (Wildman–Crippen MR) is 128 cm³/mol. The lowest BCUT2D eigenvalue weighted by molar-refractivity contribution is -0.137. The third-order valence-electron chi connectivity index (χ3n) is 5.96. The molecule has 1 aromatic heterocycles. The van der Waals surface area contributed by atoms with E-state index >= 15 is 0 Å². The zero-order chi connectivity index (χ0) is 24.4. The summed E-state index contributed by atoms with van der Waals surface area (Å²) in [7, 11) is 0. The molecule has 4 nitrogen and oxygen atoms in total. The largest absolute Gasteiger partial charge is 0.416 e. The van der Waals surface area contributed by atoms with Gasteiger partial charge in [-0.2, -0.15) is 23.1 Å². The molecule has 0 atom stereocenters. The number of benzene rings is 2. The van der Waals surface area contributed by atoms with Gasteiger partial charge in [-0.05, 0) is 37.6 Å². The summed E-state index contributed by atoms with van der Waals surface area (Å²) in [5, 5.41) is 4.11. The van der Waals surface area contributed by atoms with Crippen LogP contribution in [-0.2, 0) is 25.7 Å². The first-order valence-corrected chi connectivity index (χ1v) is 12.2. The Labute approximate surface area is 200 Å². The first-order valence-electron chi connectivity index (χ1n) is 12.2.